The number of aliphatic carboxylic acids is 1. The number of carboxylic acid groups (broad SMARTS) is 1. The van der Waals surface area contributed by atoms with Crippen molar-refractivity contribution in [3.05, 3.63) is 35.4 Å². The third kappa shape index (κ3) is 3.51. The van der Waals surface area contributed by atoms with Gasteiger partial charge in [-0.3, -0.25) is 0 Å². The van der Waals surface area contributed by atoms with Crippen molar-refractivity contribution in [3.63, 3.8) is 0 Å². The molecule has 17 heavy (non-hydrogen) atoms. The predicted octanol–water partition coefficient (Wildman–Crippen LogP) is 2.81. The van der Waals surface area contributed by atoms with E-state index in [2.05, 4.69) is 0 Å². The van der Waals surface area contributed by atoms with E-state index in [0.717, 1.165) is 18.2 Å². The lowest BCUT2D eigenvalue weighted by Gasteiger charge is -2.11. The van der Waals surface area contributed by atoms with Crippen LogP contribution in [0.25, 0.3) is 6.08 Å². The van der Waals surface area contributed by atoms with Gasteiger partial charge in [0.25, 0.3) is 0 Å². The van der Waals surface area contributed by atoms with Gasteiger partial charge in [-0.15, -0.1) is 0 Å². The first-order chi connectivity index (χ1) is 7.84. The van der Waals surface area contributed by atoms with Crippen molar-refractivity contribution in [2.45, 2.75) is 6.18 Å². The molecule has 0 aliphatic heterocycles. The Morgan fingerprint density at radius 2 is 2.06 bits per heavy atom. The monoisotopic (exact) mass is 246 g/mol. The summed E-state index contributed by atoms with van der Waals surface area (Å²) < 4.78 is 42.6. The van der Waals surface area contributed by atoms with Crippen molar-refractivity contribution in [1.29, 1.82) is 0 Å². The van der Waals surface area contributed by atoms with Crippen LogP contribution in [0.15, 0.2) is 24.3 Å². The van der Waals surface area contributed by atoms with Crippen molar-refractivity contribution in [1.82, 2.24) is 0 Å². The molecule has 3 nitrogen and oxygen atoms in total. The van der Waals surface area contributed by atoms with Crippen LogP contribution in [-0.4, -0.2) is 18.2 Å². The molecule has 0 aliphatic rings. The second-order valence-corrected chi connectivity index (χ2v) is 3.12. The Bertz CT molecular complexity index is 450. The number of benzene rings is 1. The highest BCUT2D eigenvalue weighted by Crippen LogP contribution is 2.34. The highest BCUT2D eigenvalue weighted by molar-refractivity contribution is 5.85. The van der Waals surface area contributed by atoms with E-state index in [0.29, 0.717) is 6.08 Å². The zero-order valence-corrected chi connectivity index (χ0v) is 8.78. The number of hydrogen-bond donors (Lipinski definition) is 1. The minimum absolute atomic E-state index is 0.0600. The Kier molecular flexibility index (Phi) is 3.77. The maximum Gasteiger partial charge on any atom is 0.417 e. The van der Waals surface area contributed by atoms with Gasteiger partial charge in [0, 0.05) is 6.08 Å². The van der Waals surface area contributed by atoms with Crippen molar-refractivity contribution in [2.24, 2.45) is 0 Å². The van der Waals surface area contributed by atoms with Crippen molar-refractivity contribution < 1.29 is 27.8 Å². The Labute approximate surface area is 95.1 Å². The minimum atomic E-state index is -4.56. The molecule has 6 heteroatoms. The van der Waals surface area contributed by atoms with E-state index in [1.54, 1.807) is 0 Å². The second-order valence-electron chi connectivity index (χ2n) is 3.12. The van der Waals surface area contributed by atoms with Crippen LogP contribution in [0, 0.1) is 0 Å². The van der Waals surface area contributed by atoms with Crippen molar-refractivity contribution in [2.75, 3.05) is 7.11 Å². The third-order valence-corrected chi connectivity index (χ3v) is 1.97. The summed E-state index contributed by atoms with van der Waals surface area (Å²) in [5.41, 5.74) is -1.16. The number of rotatable bonds is 3. The summed E-state index contributed by atoms with van der Waals surface area (Å²) in [6, 6.07) is 3.30. The molecule has 0 heterocycles. The van der Waals surface area contributed by atoms with Crippen LogP contribution in [0.5, 0.6) is 5.75 Å². The molecule has 0 radical (unpaired) electrons. The molecule has 0 unspecified atom stereocenters. The maximum absolute atomic E-state index is 12.7. The molecule has 0 aliphatic carbocycles. The van der Waals surface area contributed by atoms with Gasteiger partial charge < -0.3 is 9.84 Å². The smallest absolute Gasteiger partial charge is 0.417 e. The van der Waals surface area contributed by atoms with Gasteiger partial charge in [-0.1, -0.05) is 6.07 Å². The van der Waals surface area contributed by atoms with E-state index < -0.39 is 17.7 Å². The van der Waals surface area contributed by atoms with Crippen LogP contribution < -0.4 is 4.74 Å². The quantitative estimate of drug-likeness (QED) is 0.834. The van der Waals surface area contributed by atoms with Gasteiger partial charge in [0.2, 0.25) is 0 Å². The molecule has 0 bridgehead atoms. The van der Waals surface area contributed by atoms with Gasteiger partial charge in [-0.05, 0) is 23.8 Å². The largest absolute Gasteiger partial charge is 0.497 e. The first-order valence-corrected chi connectivity index (χ1v) is 4.51. The van der Waals surface area contributed by atoms with E-state index in [-0.39, 0.29) is 11.3 Å². The molecule has 1 N–H and O–H groups in total. The van der Waals surface area contributed by atoms with Gasteiger partial charge in [-0.25, -0.2) is 4.79 Å². The summed E-state index contributed by atoms with van der Waals surface area (Å²) in [5.74, 6) is -1.25. The Morgan fingerprint density at radius 1 is 1.41 bits per heavy atom. The first kappa shape index (κ1) is 13.1. The molecule has 92 valence electrons. The summed E-state index contributed by atoms with van der Waals surface area (Å²) in [6.45, 7) is 0. The fourth-order valence-electron chi connectivity index (χ4n) is 1.21. The Balaban J connectivity index is 3.25. The number of hydrogen-bond acceptors (Lipinski definition) is 2. The third-order valence-electron chi connectivity index (χ3n) is 1.97. The molecule has 1 aromatic rings. The Hall–Kier alpha value is -1.98. The van der Waals surface area contributed by atoms with E-state index in [9.17, 15) is 18.0 Å². The summed E-state index contributed by atoms with van der Waals surface area (Å²) in [6.07, 6.45) is -3.02. The average molecular weight is 246 g/mol. The van der Waals surface area contributed by atoms with Crippen LogP contribution in [0.1, 0.15) is 11.1 Å². The molecule has 0 aromatic heterocycles. The van der Waals surface area contributed by atoms with Crippen LogP contribution >= 0.6 is 0 Å². The molecule has 0 atom stereocenters. The summed E-state index contributed by atoms with van der Waals surface area (Å²) in [4.78, 5) is 10.3. The maximum atomic E-state index is 12.7. The molecule has 1 rings (SSSR count). The van der Waals surface area contributed by atoms with E-state index >= 15 is 0 Å². The van der Waals surface area contributed by atoms with Gasteiger partial charge >= 0.3 is 12.1 Å². The van der Waals surface area contributed by atoms with Crippen molar-refractivity contribution in [3.8, 4) is 5.75 Å². The molecule has 0 spiro atoms. The van der Waals surface area contributed by atoms with E-state index in [4.69, 9.17) is 9.84 Å². The number of ether oxygens (including phenoxy) is 1. The molecular weight excluding hydrogens is 237 g/mol. The molecule has 0 saturated heterocycles. The topological polar surface area (TPSA) is 46.5 Å². The predicted molar refractivity (Wildman–Crippen MR) is 54.7 cm³/mol. The van der Waals surface area contributed by atoms with Gasteiger partial charge in [0.05, 0.1) is 12.7 Å². The fraction of sp³-hybridized carbons (Fsp3) is 0.182. The molecule has 1 aromatic carbocycles. The number of carboxylic acids is 1. The van der Waals surface area contributed by atoms with Crippen LogP contribution in [-0.2, 0) is 11.0 Å². The van der Waals surface area contributed by atoms with Crippen LogP contribution in [0.3, 0.4) is 0 Å². The SMILES string of the molecule is COc1ccc(C=CC(=O)O)c(C(F)(F)F)c1. The fourth-order valence-corrected chi connectivity index (χ4v) is 1.21. The number of carbonyl (C=O) groups is 1. The van der Waals surface area contributed by atoms with Crippen molar-refractivity contribution >= 4 is 12.0 Å². The highest BCUT2D eigenvalue weighted by Gasteiger charge is 2.33. The molecule has 0 fully saturated rings. The highest BCUT2D eigenvalue weighted by atomic mass is 19.4. The number of alkyl halides is 3. The van der Waals surface area contributed by atoms with Crippen LogP contribution in [0.2, 0.25) is 0 Å². The van der Waals surface area contributed by atoms with E-state index in [1.807, 2.05) is 0 Å². The van der Waals surface area contributed by atoms with Gasteiger partial charge in [0.15, 0.2) is 0 Å². The lowest BCUT2D eigenvalue weighted by atomic mass is 10.1. The average Bonchev–Trinajstić information content (AvgIpc) is 2.24. The molecule has 0 saturated carbocycles. The zero-order valence-electron chi connectivity index (χ0n) is 8.78. The minimum Gasteiger partial charge on any atom is -0.497 e. The van der Waals surface area contributed by atoms with E-state index in [1.165, 1.54) is 13.2 Å². The normalized spacial score (nSPS) is 11.8. The van der Waals surface area contributed by atoms with Gasteiger partial charge in [-0.2, -0.15) is 13.2 Å². The zero-order chi connectivity index (χ0) is 13.1. The Morgan fingerprint density at radius 3 is 2.53 bits per heavy atom. The summed E-state index contributed by atoms with van der Waals surface area (Å²) in [7, 11) is 1.25. The number of halogens is 3. The molecular formula is C11H9F3O3. The summed E-state index contributed by atoms with van der Waals surface area (Å²) >= 11 is 0. The van der Waals surface area contributed by atoms with Crippen LogP contribution in [0.4, 0.5) is 13.2 Å². The number of methoxy groups -OCH3 is 1. The lowest BCUT2D eigenvalue weighted by Crippen LogP contribution is -2.07. The molecule has 0 amide bonds. The first-order valence-electron chi connectivity index (χ1n) is 4.51. The standard InChI is InChI=1S/C11H9F3O3/c1-17-8-4-2-7(3-5-10(15)16)9(6-8)11(12,13)14/h2-6H,1H3,(H,15,16). The second kappa shape index (κ2) is 4.90. The summed E-state index contributed by atoms with van der Waals surface area (Å²) in [5, 5.41) is 8.38. The lowest BCUT2D eigenvalue weighted by molar-refractivity contribution is -0.138. The van der Waals surface area contributed by atoms with Gasteiger partial charge in [0.1, 0.15) is 5.75 Å².